The van der Waals surface area contributed by atoms with Crippen LogP contribution >= 0.6 is 0 Å². The molecule has 5 rings (SSSR count). The van der Waals surface area contributed by atoms with E-state index in [9.17, 15) is 0 Å². The Labute approximate surface area is 161 Å². The minimum absolute atomic E-state index is 0.196. The fourth-order valence-electron chi connectivity index (χ4n) is 5.05. The zero-order valence-corrected chi connectivity index (χ0v) is 15.9. The minimum atomic E-state index is -0.196. The zero-order valence-electron chi connectivity index (χ0n) is 15.9. The highest BCUT2D eigenvalue weighted by Gasteiger charge is 2.47. The average molecular weight is 348 g/mol. The van der Waals surface area contributed by atoms with Gasteiger partial charge >= 0.3 is 0 Å². The van der Waals surface area contributed by atoms with Gasteiger partial charge in [-0.1, -0.05) is 109 Å². The Morgan fingerprint density at radius 1 is 0.815 bits per heavy atom. The van der Waals surface area contributed by atoms with Crippen molar-refractivity contribution in [2.24, 2.45) is 5.92 Å². The van der Waals surface area contributed by atoms with E-state index >= 15 is 0 Å². The number of hydrogen-bond donors (Lipinski definition) is 0. The molecule has 0 heteroatoms. The summed E-state index contributed by atoms with van der Waals surface area (Å²) in [7, 11) is 0. The SMILES string of the molecule is Cc1ccc2c(c1)C(C1=CC=CC(C)C1)(c1ccccc1)c1ccccc1-2. The van der Waals surface area contributed by atoms with Gasteiger partial charge in [-0.2, -0.15) is 0 Å². The average Bonchev–Trinajstić information content (AvgIpc) is 2.99. The molecule has 0 spiro atoms. The van der Waals surface area contributed by atoms with Gasteiger partial charge < -0.3 is 0 Å². The summed E-state index contributed by atoms with van der Waals surface area (Å²) in [6, 6.07) is 27.0. The number of fused-ring (bicyclic) bond motifs is 3. The van der Waals surface area contributed by atoms with E-state index in [0.29, 0.717) is 5.92 Å². The first-order valence-corrected chi connectivity index (χ1v) is 9.85. The Morgan fingerprint density at radius 3 is 2.37 bits per heavy atom. The molecule has 0 saturated heterocycles. The maximum atomic E-state index is 2.41. The third-order valence-electron chi connectivity index (χ3n) is 6.17. The third-order valence-corrected chi connectivity index (χ3v) is 6.17. The number of hydrogen-bond acceptors (Lipinski definition) is 0. The molecule has 132 valence electrons. The Hall–Kier alpha value is -2.86. The molecule has 0 aromatic heterocycles. The molecule has 0 aliphatic heterocycles. The Balaban J connectivity index is 1.93. The van der Waals surface area contributed by atoms with E-state index in [4.69, 9.17) is 0 Å². The van der Waals surface area contributed by atoms with Crippen molar-refractivity contribution in [3.05, 3.63) is 119 Å². The molecule has 0 bridgehead atoms. The molecule has 0 radical (unpaired) electrons. The first kappa shape index (κ1) is 16.3. The molecule has 2 aliphatic carbocycles. The summed E-state index contributed by atoms with van der Waals surface area (Å²) in [4.78, 5) is 0. The normalized spacial score (nSPS) is 22.9. The summed E-state index contributed by atoms with van der Waals surface area (Å²) in [5.74, 6) is 0.562. The molecule has 0 amide bonds. The summed E-state index contributed by atoms with van der Waals surface area (Å²) in [5.41, 5.74) is 9.60. The van der Waals surface area contributed by atoms with Crippen LogP contribution in [0.4, 0.5) is 0 Å². The van der Waals surface area contributed by atoms with E-state index in [-0.39, 0.29) is 5.41 Å². The van der Waals surface area contributed by atoms with Crippen molar-refractivity contribution in [3.8, 4) is 11.1 Å². The third kappa shape index (κ3) is 2.29. The van der Waals surface area contributed by atoms with Crippen LogP contribution in [0.3, 0.4) is 0 Å². The summed E-state index contributed by atoms with van der Waals surface area (Å²) >= 11 is 0. The van der Waals surface area contributed by atoms with Gasteiger partial charge in [-0.3, -0.25) is 0 Å². The van der Waals surface area contributed by atoms with Crippen LogP contribution in [-0.4, -0.2) is 0 Å². The molecule has 0 fully saturated rings. The second kappa shape index (κ2) is 6.09. The van der Waals surface area contributed by atoms with Gasteiger partial charge in [0.2, 0.25) is 0 Å². The smallest absolute Gasteiger partial charge is 0.0676 e. The van der Waals surface area contributed by atoms with E-state index in [1.165, 1.54) is 39.0 Å². The van der Waals surface area contributed by atoms with Crippen LogP contribution in [0.15, 0.2) is 96.6 Å². The molecule has 27 heavy (non-hydrogen) atoms. The van der Waals surface area contributed by atoms with Crippen LogP contribution in [0.25, 0.3) is 11.1 Å². The van der Waals surface area contributed by atoms with Crippen molar-refractivity contribution in [2.45, 2.75) is 25.7 Å². The molecular formula is C27H24. The van der Waals surface area contributed by atoms with Gasteiger partial charge in [-0.05, 0) is 47.1 Å². The van der Waals surface area contributed by atoms with Crippen molar-refractivity contribution in [1.29, 1.82) is 0 Å². The minimum Gasteiger partial charge on any atom is -0.0814 e. The zero-order chi connectivity index (χ0) is 18.4. The quantitative estimate of drug-likeness (QED) is 0.476. The van der Waals surface area contributed by atoms with Crippen LogP contribution in [0.1, 0.15) is 35.6 Å². The molecule has 2 unspecified atom stereocenters. The van der Waals surface area contributed by atoms with Gasteiger partial charge in [0.1, 0.15) is 0 Å². The van der Waals surface area contributed by atoms with Gasteiger partial charge in [0.25, 0.3) is 0 Å². The number of allylic oxidation sites excluding steroid dienone is 4. The highest BCUT2D eigenvalue weighted by atomic mass is 14.5. The van der Waals surface area contributed by atoms with Crippen molar-refractivity contribution < 1.29 is 0 Å². The van der Waals surface area contributed by atoms with Crippen molar-refractivity contribution >= 4 is 0 Å². The van der Waals surface area contributed by atoms with Crippen molar-refractivity contribution in [3.63, 3.8) is 0 Å². The molecule has 3 aromatic rings. The number of aryl methyl sites for hydroxylation is 1. The van der Waals surface area contributed by atoms with Gasteiger partial charge in [-0.25, -0.2) is 0 Å². The maximum absolute atomic E-state index is 2.41. The Kier molecular flexibility index (Phi) is 3.68. The topological polar surface area (TPSA) is 0 Å². The van der Waals surface area contributed by atoms with E-state index in [0.717, 1.165) is 6.42 Å². The first-order chi connectivity index (χ1) is 13.2. The number of rotatable bonds is 2. The van der Waals surface area contributed by atoms with E-state index in [1.54, 1.807) is 0 Å². The predicted octanol–water partition coefficient (Wildman–Crippen LogP) is 6.83. The van der Waals surface area contributed by atoms with E-state index in [1.807, 2.05) is 0 Å². The predicted molar refractivity (Wildman–Crippen MR) is 114 cm³/mol. The van der Waals surface area contributed by atoms with Crippen LogP contribution in [0.2, 0.25) is 0 Å². The molecule has 0 nitrogen and oxygen atoms in total. The Bertz CT molecular complexity index is 1070. The molecule has 2 aliphatic rings. The monoisotopic (exact) mass is 348 g/mol. The van der Waals surface area contributed by atoms with E-state index < -0.39 is 0 Å². The molecule has 3 aromatic carbocycles. The largest absolute Gasteiger partial charge is 0.0814 e. The lowest BCUT2D eigenvalue weighted by Gasteiger charge is -2.37. The van der Waals surface area contributed by atoms with Crippen LogP contribution < -0.4 is 0 Å². The highest BCUT2D eigenvalue weighted by Crippen LogP contribution is 2.57. The molecule has 2 atom stereocenters. The lowest BCUT2D eigenvalue weighted by Crippen LogP contribution is -2.31. The van der Waals surface area contributed by atoms with Crippen molar-refractivity contribution in [1.82, 2.24) is 0 Å². The van der Waals surface area contributed by atoms with Crippen molar-refractivity contribution in [2.75, 3.05) is 0 Å². The lowest BCUT2D eigenvalue weighted by molar-refractivity contribution is 0.615. The van der Waals surface area contributed by atoms with Crippen LogP contribution in [0, 0.1) is 12.8 Å². The first-order valence-electron chi connectivity index (χ1n) is 9.85. The van der Waals surface area contributed by atoms with E-state index in [2.05, 4.69) is 105 Å². The summed E-state index contributed by atoms with van der Waals surface area (Å²) < 4.78 is 0. The fourth-order valence-corrected chi connectivity index (χ4v) is 5.05. The van der Waals surface area contributed by atoms with Crippen LogP contribution in [0.5, 0.6) is 0 Å². The second-order valence-electron chi connectivity index (χ2n) is 7.97. The summed E-state index contributed by atoms with van der Waals surface area (Å²) in [6.07, 6.45) is 8.03. The Morgan fingerprint density at radius 2 is 1.56 bits per heavy atom. The van der Waals surface area contributed by atoms with Gasteiger partial charge in [0, 0.05) is 0 Å². The number of benzene rings is 3. The summed E-state index contributed by atoms with van der Waals surface area (Å²) in [6.45, 7) is 4.52. The molecule has 0 heterocycles. The fraction of sp³-hybridized carbons (Fsp3) is 0.185. The molecular weight excluding hydrogens is 324 g/mol. The standard InChI is InChI=1S/C27H24/c1-19-9-8-12-22(17-19)27(21-10-4-3-5-11-21)25-14-7-6-13-23(25)24-16-15-20(2)18-26(24)27/h3-16,18-19H,17H2,1-2H3. The summed E-state index contributed by atoms with van der Waals surface area (Å²) in [5, 5.41) is 0. The van der Waals surface area contributed by atoms with Crippen LogP contribution in [-0.2, 0) is 5.41 Å². The van der Waals surface area contributed by atoms with Gasteiger partial charge in [-0.15, -0.1) is 0 Å². The highest BCUT2D eigenvalue weighted by molar-refractivity contribution is 5.86. The second-order valence-corrected chi connectivity index (χ2v) is 7.97. The van der Waals surface area contributed by atoms with Gasteiger partial charge in [0.15, 0.2) is 0 Å². The molecule has 0 N–H and O–H groups in total. The van der Waals surface area contributed by atoms with Gasteiger partial charge in [0.05, 0.1) is 5.41 Å². The molecule has 0 saturated carbocycles. The lowest BCUT2D eigenvalue weighted by atomic mass is 9.64. The maximum Gasteiger partial charge on any atom is 0.0676 e.